The van der Waals surface area contributed by atoms with Gasteiger partial charge in [-0.2, -0.15) is 9.97 Å². The summed E-state index contributed by atoms with van der Waals surface area (Å²) in [6.45, 7) is 2.94. The predicted molar refractivity (Wildman–Crippen MR) is 130 cm³/mol. The smallest absolute Gasteiger partial charge is 0.332 e. The third-order valence-corrected chi connectivity index (χ3v) is 5.98. The van der Waals surface area contributed by atoms with Gasteiger partial charge >= 0.3 is 5.69 Å². The molecule has 0 saturated carbocycles. The fourth-order valence-corrected chi connectivity index (χ4v) is 4.20. The molecule has 0 spiro atoms. The summed E-state index contributed by atoms with van der Waals surface area (Å²) in [5.41, 5.74) is 1.02. The van der Waals surface area contributed by atoms with E-state index >= 15 is 0 Å². The number of fused-ring (bicyclic) bond motifs is 1. The second-order valence-electron chi connectivity index (χ2n) is 8.40. The van der Waals surface area contributed by atoms with Crippen LogP contribution >= 0.6 is 11.6 Å². The van der Waals surface area contributed by atoms with Gasteiger partial charge in [0.1, 0.15) is 0 Å². The Morgan fingerprint density at radius 1 is 0.971 bits per heavy atom. The molecular weight excluding hydrogens is 456 g/mol. The average Bonchev–Trinajstić information content (AvgIpc) is 3.44. The molecule has 0 atom stereocenters. The van der Waals surface area contributed by atoms with Gasteiger partial charge in [0.25, 0.3) is 5.56 Å². The van der Waals surface area contributed by atoms with Gasteiger partial charge in [-0.3, -0.25) is 13.9 Å². The SMILES string of the molecule is CCCCCn1c(=O)n(CCCCCc2nc(Cc3ccccc3)no2)c(=O)c2[nH]c(Cl)nc21. The summed E-state index contributed by atoms with van der Waals surface area (Å²) >= 11 is 5.99. The molecule has 4 aromatic rings. The highest BCUT2D eigenvalue weighted by Crippen LogP contribution is 2.12. The Hall–Kier alpha value is -3.20. The van der Waals surface area contributed by atoms with Crippen molar-refractivity contribution in [2.45, 2.75) is 71.4 Å². The molecule has 0 bridgehead atoms. The van der Waals surface area contributed by atoms with Crippen molar-refractivity contribution in [2.24, 2.45) is 0 Å². The summed E-state index contributed by atoms with van der Waals surface area (Å²) in [7, 11) is 0. The summed E-state index contributed by atoms with van der Waals surface area (Å²) in [6.07, 6.45) is 6.49. The van der Waals surface area contributed by atoms with Gasteiger partial charge in [-0.25, -0.2) is 4.79 Å². The van der Waals surface area contributed by atoms with Crippen LogP contribution in [-0.4, -0.2) is 29.2 Å². The third kappa shape index (κ3) is 5.64. The topological polar surface area (TPSA) is 112 Å². The van der Waals surface area contributed by atoms with Crippen molar-refractivity contribution in [2.75, 3.05) is 0 Å². The van der Waals surface area contributed by atoms with E-state index in [9.17, 15) is 9.59 Å². The molecule has 0 amide bonds. The summed E-state index contributed by atoms with van der Waals surface area (Å²) in [5, 5.41) is 4.17. The number of aryl methyl sites for hydroxylation is 2. The van der Waals surface area contributed by atoms with Gasteiger partial charge < -0.3 is 9.51 Å². The Labute approximate surface area is 201 Å². The fraction of sp³-hybridized carbons (Fsp3) is 0.458. The molecule has 3 heterocycles. The van der Waals surface area contributed by atoms with Crippen molar-refractivity contribution in [3.05, 3.63) is 73.7 Å². The van der Waals surface area contributed by atoms with Gasteiger partial charge in [0, 0.05) is 25.9 Å². The molecule has 0 unspecified atom stereocenters. The summed E-state index contributed by atoms with van der Waals surface area (Å²) in [4.78, 5) is 37.3. The predicted octanol–water partition coefficient (Wildman–Crippen LogP) is 4.12. The molecule has 0 saturated heterocycles. The highest BCUT2D eigenvalue weighted by atomic mass is 35.5. The van der Waals surface area contributed by atoms with Crippen LogP contribution in [-0.2, 0) is 25.9 Å². The van der Waals surface area contributed by atoms with Crippen molar-refractivity contribution in [3.8, 4) is 0 Å². The van der Waals surface area contributed by atoms with E-state index in [1.807, 2.05) is 30.3 Å². The van der Waals surface area contributed by atoms with E-state index in [0.717, 1.165) is 37.7 Å². The molecule has 10 heteroatoms. The molecule has 0 radical (unpaired) electrons. The monoisotopic (exact) mass is 484 g/mol. The van der Waals surface area contributed by atoms with Crippen LogP contribution in [0.2, 0.25) is 5.28 Å². The quantitative estimate of drug-likeness (QED) is 0.239. The largest absolute Gasteiger partial charge is 0.339 e. The van der Waals surface area contributed by atoms with Crippen molar-refractivity contribution < 1.29 is 4.52 Å². The molecule has 180 valence electrons. The minimum Gasteiger partial charge on any atom is -0.339 e. The third-order valence-electron chi connectivity index (χ3n) is 5.81. The van der Waals surface area contributed by atoms with Crippen LogP contribution in [0.25, 0.3) is 11.2 Å². The number of unbranched alkanes of at least 4 members (excludes halogenated alkanes) is 4. The van der Waals surface area contributed by atoms with Crippen molar-refractivity contribution in [3.63, 3.8) is 0 Å². The number of halogens is 1. The number of hydrogen-bond donors (Lipinski definition) is 1. The van der Waals surface area contributed by atoms with Crippen LogP contribution in [0.3, 0.4) is 0 Å². The zero-order chi connectivity index (χ0) is 23.9. The van der Waals surface area contributed by atoms with E-state index in [1.165, 1.54) is 4.57 Å². The molecule has 4 rings (SSSR count). The summed E-state index contributed by atoms with van der Waals surface area (Å²) < 4.78 is 8.20. The minimum absolute atomic E-state index is 0.111. The van der Waals surface area contributed by atoms with E-state index in [0.29, 0.717) is 49.7 Å². The molecular formula is C24H29ClN6O3. The number of aromatic nitrogens is 6. The Kier molecular flexibility index (Phi) is 7.95. The van der Waals surface area contributed by atoms with E-state index < -0.39 is 0 Å². The Morgan fingerprint density at radius 3 is 2.53 bits per heavy atom. The van der Waals surface area contributed by atoms with Crippen LogP contribution in [0, 0.1) is 0 Å². The molecule has 1 aromatic carbocycles. The number of nitrogens with zero attached hydrogens (tertiary/aromatic N) is 5. The first-order valence-electron chi connectivity index (χ1n) is 11.8. The first-order valence-corrected chi connectivity index (χ1v) is 12.2. The van der Waals surface area contributed by atoms with Gasteiger partial charge in [-0.05, 0) is 36.4 Å². The lowest BCUT2D eigenvalue weighted by Crippen LogP contribution is -2.40. The van der Waals surface area contributed by atoms with Gasteiger partial charge in [-0.15, -0.1) is 0 Å². The molecule has 0 aliphatic carbocycles. The summed E-state index contributed by atoms with van der Waals surface area (Å²) in [5.74, 6) is 1.28. The normalized spacial score (nSPS) is 11.5. The van der Waals surface area contributed by atoms with Crippen LogP contribution in [0.15, 0.2) is 44.4 Å². The van der Waals surface area contributed by atoms with Crippen LogP contribution < -0.4 is 11.2 Å². The van der Waals surface area contributed by atoms with Crippen LogP contribution in [0.4, 0.5) is 0 Å². The maximum atomic E-state index is 13.0. The number of hydrogen-bond acceptors (Lipinski definition) is 6. The molecule has 34 heavy (non-hydrogen) atoms. The van der Waals surface area contributed by atoms with Gasteiger partial charge in [0.2, 0.25) is 11.2 Å². The van der Waals surface area contributed by atoms with E-state index in [4.69, 9.17) is 16.1 Å². The van der Waals surface area contributed by atoms with Crippen LogP contribution in [0.1, 0.15) is 62.7 Å². The highest BCUT2D eigenvalue weighted by Gasteiger charge is 2.16. The van der Waals surface area contributed by atoms with Crippen LogP contribution in [0.5, 0.6) is 0 Å². The molecule has 1 N–H and O–H groups in total. The molecule has 0 aliphatic rings. The van der Waals surface area contributed by atoms with E-state index in [1.54, 1.807) is 4.57 Å². The maximum Gasteiger partial charge on any atom is 0.332 e. The summed E-state index contributed by atoms with van der Waals surface area (Å²) in [6, 6.07) is 10.0. The molecule has 0 aliphatic heterocycles. The number of H-pyrrole nitrogens is 1. The number of rotatable bonds is 12. The van der Waals surface area contributed by atoms with Gasteiger partial charge in [0.05, 0.1) is 0 Å². The lowest BCUT2D eigenvalue weighted by molar-refractivity contribution is 0.368. The standard InChI is InChI=1S/C24H29ClN6O3/c1-2-3-9-14-30-21-20(27-23(25)28-21)22(32)31(24(30)33)15-10-5-8-13-19-26-18(29-34-19)16-17-11-6-4-7-12-17/h4,6-7,11-12H,2-3,5,8-10,13-16H2,1H3,(H,27,28). The van der Waals surface area contributed by atoms with Gasteiger partial charge in [-0.1, -0.05) is 61.7 Å². The second-order valence-corrected chi connectivity index (χ2v) is 8.76. The van der Waals surface area contributed by atoms with E-state index in [2.05, 4.69) is 27.0 Å². The number of aromatic amines is 1. The second kappa shape index (κ2) is 11.3. The number of nitrogens with one attached hydrogen (secondary N) is 1. The average molecular weight is 485 g/mol. The number of imidazole rings is 1. The fourth-order valence-electron chi connectivity index (χ4n) is 4.02. The maximum absolute atomic E-state index is 13.0. The minimum atomic E-state index is -0.381. The highest BCUT2D eigenvalue weighted by molar-refractivity contribution is 6.28. The Morgan fingerprint density at radius 2 is 1.74 bits per heavy atom. The Balaban J connectivity index is 1.35. The zero-order valence-electron chi connectivity index (χ0n) is 19.3. The molecule has 9 nitrogen and oxygen atoms in total. The van der Waals surface area contributed by atoms with Crippen molar-refractivity contribution in [1.82, 2.24) is 29.2 Å². The first kappa shape index (κ1) is 23.9. The van der Waals surface area contributed by atoms with E-state index in [-0.39, 0.29) is 22.0 Å². The number of benzene rings is 1. The van der Waals surface area contributed by atoms with Gasteiger partial charge in [0.15, 0.2) is 17.0 Å². The lowest BCUT2D eigenvalue weighted by atomic mass is 10.1. The first-order chi connectivity index (χ1) is 16.6. The zero-order valence-corrected chi connectivity index (χ0v) is 20.1. The Bertz CT molecular complexity index is 1340. The molecule has 0 fully saturated rings. The van der Waals surface area contributed by atoms with Crippen molar-refractivity contribution in [1.29, 1.82) is 0 Å². The molecule has 3 aromatic heterocycles. The lowest BCUT2D eigenvalue weighted by Gasteiger charge is -2.11. The van der Waals surface area contributed by atoms with Crippen molar-refractivity contribution >= 4 is 22.8 Å².